The topological polar surface area (TPSA) is 120 Å². The average Bonchev–Trinajstić information content (AvgIpc) is 3.43. The maximum atomic E-state index is 14.5. The number of hydrogen-bond donors (Lipinski definition) is 2. The molecule has 3 aliphatic rings. The second-order valence-electron chi connectivity index (χ2n) is 11.0. The summed E-state index contributed by atoms with van der Waals surface area (Å²) in [7, 11) is 4.70. The van der Waals surface area contributed by atoms with Gasteiger partial charge < -0.3 is 30.2 Å². The van der Waals surface area contributed by atoms with Gasteiger partial charge in [-0.15, -0.1) is 0 Å². The molecular formula is C29H43N3O6. The van der Waals surface area contributed by atoms with Gasteiger partial charge in [0.15, 0.2) is 11.5 Å². The molecule has 3 N–H and O–H groups in total. The van der Waals surface area contributed by atoms with Crippen LogP contribution in [0.3, 0.4) is 0 Å². The van der Waals surface area contributed by atoms with Gasteiger partial charge >= 0.3 is 0 Å². The Balaban J connectivity index is 1.68. The van der Waals surface area contributed by atoms with Gasteiger partial charge in [-0.25, -0.2) is 0 Å². The van der Waals surface area contributed by atoms with E-state index in [1.54, 1.807) is 26.2 Å². The number of ether oxygens (including phenoxy) is 3. The van der Waals surface area contributed by atoms with Gasteiger partial charge in [-0.2, -0.15) is 0 Å². The van der Waals surface area contributed by atoms with Gasteiger partial charge in [-0.05, 0) is 68.6 Å². The molecule has 3 fully saturated rings. The maximum Gasteiger partial charge on any atom is 0.243 e. The molecule has 0 spiro atoms. The summed E-state index contributed by atoms with van der Waals surface area (Å²) >= 11 is 0. The third kappa shape index (κ3) is 5.57. The quantitative estimate of drug-likeness (QED) is 0.504. The van der Waals surface area contributed by atoms with Crippen molar-refractivity contribution in [2.45, 2.75) is 94.5 Å². The van der Waals surface area contributed by atoms with Crippen LogP contribution in [0.4, 0.5) is 0 Å². The molecule has 3 amide bonds. The standard InChI is InChI=1S/C29H43N3O6/c1-36-22-17-20(18-23(37-2)25(22)38-3)24(19-11-5-4-6-12-19)27(34)32-16-10-7-13-21(32)26(33)31-29(28(30)35)14-8-9-15-29/h17-19,21,24H,4-16H2,1-3H3,(H2,30,35)(H,31,33). The number of methoxy groups -OCH3 is 3. The Morgan fingerprint density at radius 1 is 0.895 bits per heavy atom. The number of amides is 3. The Hall–Kier alpha value is -2.97. The molecule has 210 valence electrons. The number of hydrogen-bond acceptors (Lipinski definition) is 6. The minimum absolute atomic E-state index is 0.0504. The van der Waals surface area contributed by atoms with Crippen LogP contribution < -0.4 is 25.3 Å². The Morgan fingerprint density at radius 2 is 1.50 bits per heavy atom. The first-order valence-corrected chi connectivity index (χ1v) is 14.1. The first-order valence-electron chi connectivity index (χ1n) is 14.1. The van der Waals surface area contributed by atoms with E-state index in [1.165, 1.54) is 0 Å². The zero-order valence-electron chi connectivity index (χ0n) is 23.1. The molecule has 9 nitrogen and oxygen atoms in total. The number of nitrogens with two attached hydrogens (primary N) is 1. The average molecular weight is 530 g/mol. The summed E-state index contributed by atoms with van der Waals surface area (Å²) in [6.45, 7) is 0.508. The number of carbonyl (C=O) groups excluding carboxylic acids is 3. The molecule has 1 aromatic carbocycles. The van der Waals surface area contributed by atoms with E-state index in [2.05, 4.69) is 5.32 Å². The molecule has 2 unspecified atom stereocenters. The number of benzene rings is 1. The van der Waals surface area contributed by atoms with E-state index < -0.39 is 23.4 Å². The summed E-state index contributed by atoms with van der Waals surface area (Å²) in [5, 5.41) is 2.99. The summed E-state index contributed by atoms with van der Waals surface area (Å²) in [4.78, 5) is 42.2. The highest BCUT2D eigenvalue weighted by molar-refractivity contribution is 5.95. The molecule has 0 radical (unpaired) electrons. The maximum absolute atomic E-state index is 14.5. The largest absolute Gasteiger partial charge is 0.493 e. The highest BCUT2D eigenvalue weighted by Gasteiger charge is 2.45. The zero-order valence-corrected chi connectivity index (χ0v) is 23.1. The second-order valence-corrected chi connectivity index (χ2v) is 11.0. The van der Waals surface area contributed by atoms with Crippen LogP contribution in [-0.4, -0.2) is 62.1 Å². The molecular weight excluding hydrogens is 486 g/mol. The van der Waals surface area contributed by atoms with Crippen LogP contribution >= 0.6 is 0 Å². The molecule has 2 atom stereocenters. The van der Waals surface area contributed by atoms with Crippen molar-refractivity contribution in [3.05, 3.63) is 17.7 Å². The summed E-state index contributed by atoms with van der Waals surface area (Å²) in [6, 6.07) is 3.12. The van der Waals surface area contributed by atoms with Crippen LogP contribution in [0.1, 0.15) is 88.5 Å². The van der Waals surface area contributed by atoms with Crippen LogP contribution in [0.5, 0.6) is 17.2 Å². The molecule has 0 bridgehead atoms. The SMILES string of the molecule is COc1cc(C(C(=O)N2CCCCC2C(=O)NC2(C(N)=O)CCCC2)C2CCCCC2)cc(OC)c1OC. The molecule has 1 aromatic rings. The van der Waals surface area contributed by atoms with E-state index in [1.807, 2.05) is 12.1 Å². The van der Waals surface area contributed by atoms with Crippen LogP contribution in [0.25, 0.3) is 0 Å². The van der Waals surface area contributed by atoms with Crippen LogP contribution in [0.2, 0.25) is 0 Å². The Bertz CT molecular complexity index is 991. The zero-order chi connectivity index (χ0) is 27.3. The lowest BCUT2D eigenvalue weighted by atomic mass is 9.75. The van der Waals surface area contributed by atoms with E-state index in [4.69, 9.17) is 19.9 Å². The lowest BCUT2D eigenvalue weighted by Gasteiger charge is -2.41. The molecule has 38 heavy (non-hydrogen) atoms. The third-order valence-electron chi connectivity index (χ3n) is 8.81. The lowest BCUT2D eigenvalue weighted by molar-refractivity contribution is -0.146. The van der Waals surface area contributed by atoms with E-state index in [0.29, 0.717) is 43.1 Å². The highest BCUT2D eigenvalue weighted by atomic mass is 16.5. The molecule has 0 aromatic heterocycles. The van der Waals surface area contributed by atoms with E-state index in [0.717, 1.165) is 63.4 Å². The first kappa shape index (κ1) is 28.0. The van der Waals surface area contributed by atoms with Crippen molar-refractivity contribution in [2.75, 3.05) is 27.9 Å². The minimum Gasteiger partial charge on any atom is -0.493 e. The third-order valence-corrected chi connectivity index (χ3v) is 8.81. The van der Waals surface area contributed by atoms with Gasteiger partial charge in [0, 0.05) is 6.54 Å². The monoisotopic (exact) mass is 529 g/mol. The van der Waals surface area contributed by atoms with E-state index in [9.17, 15) is 14.4 Å². The predicted molar refractivity (Wildman–Crippen MR) is 143 cm³/mol. The van der Waals surface area contributed by atoms with E-state index in [-0.39, 0.29) is 17.7 Å². The van der Waals surface area contributed by atoms with Gasteiger partial charge in [0.05, 0.1) is 27.2 Å². The van der Waals surface area contributed by atoms with Gasteiger partial charge in [-0.1, -0.05) is 32.1 Å². The number of carbonyl (C=O) groups is 3. The molecule has 1 saturated heterocycles. The minimum atomic E-state index is -1.01. The molecule has 9 heteroatoms. The van der Waals surface area contributed by atoms with Crippen LogP contribution in [0.15, 0.2) is 12.1 Å². The summed E-state index contributed by atoms with van der Waals surface area (Å²) in [6.07, 6.45) is 10.3. The molecule has 2 aliphatic carbocycles. The Labute approximate surface area is 225 Å². The first-order chi connectivity index (χ1) is 18.3. The Kier molecular flexibility index (Phi) is 9.05. The number of likely N-dealkylation sites (tertiary alicyclic amines) is 1. The fourth-order valence-corrected chi connectivity index (χ4v) is 6.74. The number of nitrogens with one attached hydrogen (secondary N) is 1. The fraction of sp³-hybridized carbons (Fsp3) is 0.690. The van der Waals surface area contributed by atoms with Crippen molar-refractivity contribution >= 4 is 17.7 Å². The van der Waals surface area contributed by atoms with Crippen molar-refractivity contribution in [3.8, 4) is 17.2 Å². The molecule has 2 saturated carbocycles. The van der Waals surface area contributed by atoms with Crippen LogP contribution in [-0.2, 0) is 14.4 Å². The number of nitrogens with zero attached hydrogens (tertiary/aromatic N) is 1. The van der Waals surface area contributed by atoms with Gasteiger partial charge in [0.2, 0.25) is 23.5 Å². The molecule has 1 heterocycles. The lowest BCUT2D eigenvalue weighted by Crippen LogP contribution is -2.61. The normalized spacial score (nSPS) is 22.4. The van der Waals surface area contributed by atoms with Crippen molar-refractivity contribution in [1.82, 2.24) is 10.2 Å². The molecule has 4 rings (SSSR count). The predicted octanol–water partition coefficient (Wildman–Crippen LogP) is 3.67. The number of piperidine rings is 1. The van der Waals surface area contributed by atoms with Crippen LogP contribution in [0, 0.1) is 5.92 Å². The van der Waals surface area contributed by atoms with Crippen molar-refractivity contribution in [2.24, 2.45) is 11.7 Å². The summed E-state index contributed by atoms with van der Waals surface area (Å²) in [5.74, 6) is 0.398. The smallest absolute Gasteiger partial charge is 0.243 e. The van der Waals surface area contributed by atoms with Crippen molar-refractivity contribution in [1.29, 1.82) is 0 Å². The van der Waals surface area contributed by atoms with Crippen molar-refractivity contribution < 1.29 is 28.6 Å². The molecule has 1 aliphatic heterocycles. The van der Waals surface area contributed by atoms with E-state index >= 15 is 0 Å². The van der Waals surface area contributed by atoms with Gasteiger partial charge in [-0.3, -0.25) is 14.4 Å². The number of primary amides is 1. The number of rotatable bonds is 9. The summed E-state index contributed by atoms with van der Waals surface area (Å²) < 4.78 is 16.7. The highest BCUT2D eigenvalue weighted by Crippen LogP contribution is 2.45. The second kappa shape index (κ2) is 12.3. The van der Waals surface area contributed by atoms with Gasteiger partial charge in [0.25, 0.3) is 0 Å². The Morgan fingerprint density at radius 3 is 2.05 bits per heavy atom. The van der Waals surface area contributed by atoms with Crippen molar-refractivity contribution in [3.63, 3.8) is 0 Å². The van der Waals surface area contributed by atoms with Gasteiger partial charge in [0.1, 0.15) is 11.6 Å². The fourth-order valence-electron chi connectivity index (χ4n) is 6.74. The summed E-state index contributed by atoms with van der Waals surface area (Å²) in [5.41, 5.74) is 5.54.